The van der Waals surface area contributed by atoms with Crippen LogP contribution in [-0.4, -0.2) is 81.4 Å². The molecular formula is C33H34FN3O7. The highest BCUT2D eigenvalue weighted by molar-refractivity contribution is 6.11. The number of aliphatic hydroxyl groups excluding tert-OH is 1. The number of nitrogens with one attached hydrogen (secondary N) is 3. The van der Waals surface area contributed by atoms with Gasteiger partial charge in [0.1, 0.15) is 17.9 Å². The van der Waals surface area contributed by atoms with E-state index in [-0.39, 0.29) is 73.0 Å². The highest BCUT2D eigenvalue weighted by Crippen LogP contribution is 2.31. The van der Waals surface area contributed by atoms with Crippen molar-refractivity contribution in [2.45, 2.75) is 18.5 Å². The van der Waals surface area contributed by atoms with Gasteiger partial charge in [0.2, 0.25) is 0 Å². The molecular weight excluding hydrogens is 569 g/mol. The average Bonchev–Trinajstić information content (AvgIpc) is 3.69. The fraction of sp³-hybridized carbons (Fsp3) is 0.303. The highest BCUT2D eigenvalue weighted by Gasteiger charge is 2.31. The molecule has 1 saturated heterocycles. The van der Waals surface area contributed by atoms with Crippen LogP contribution < -0.4 is 25.4 Å². The monoisotopic (exact) mass is 603 g/mol. The molecule has 5 rings (SSSR count). The number of ether oxygens (including phenoxy) is 3. The Labute approximate surface area is 254 Å². The van der Waals surface area contributed by atoms with Crippen LogP contribution in [0.15, 0.2) is 60.7 Å². The molecule has 11 heteroatoms. The van der Waals surface area contributed by atoms with Gasteiger partial charge in [-0.25, -0.2) is 4.39 Å². The van der Waals surface area contributed by atoms with Crippen LogP contribution in [0.5, 0.6) is 11.5 Å². The number of ketones is 1. The predicted octanol–water partition coefficient (Wildman–Crippen LogP) is 2.52. The second kappa shape index (κ2) is 14.3. The number of fused-ring (bicyclic) bond motifs is 1. The number of halogens is 1. The number of hydrogen-bond donors (Lipinski definition) is 4. The summed E-state index contributed by atoms with van der Waals surface area (Å²) in [5.74, 6) is -2.20. The number of hydrogen-bond acceptors (Lipinski definition) is 8. The van der Waals surface area contributed by atoms with Gasteiger partial charge in [-0.2, -0.15) is 0 Å². The number of carbonyl (C=O) groups excluding carboxylic acids is 3. The van der Waals surface area contributed by atoms with Gasteiger partial charge in [0.15, 0.2) is 17.3 Å². The van der Waals surface area contributed by atoms with Gasteiger partial charge in [0.05, 0.1) is 39.0 Å². The van der Waals surface area contributed by atoms with Crippen LogP contribution in [0.1, 0.15) is 47.8 Å². The number of methoxy groups -OCH3 is 1. The van der Waals surface area contributed by atoms with Crippen LogP contribution in [0.2, 0.25) is 0 Å². The molecule has 2 amide bonds. The fourth-order valence-corrected chi connectivity index (χ4v) is 5.21. The minimum Gasteiger partial charge on any atom is -0.494 e. The normalized spacial score (nSPS) is 16.8. The molecule has 3 aromatic rings. The van der Waals surface area contributed by atoms with Crippen LogP contribution >= 0.6 is 0 Å². The third-order valence-electron chi connectivity index (χ3n) is 7.53. The molecule has 0 unspecified atom stereocenters. The molecule has 0 radical (unpaired) electrons. The Balaban J connectivity index is 1.23. The van der Waals surface area contributed by atoms with E-state index in [1.807, 2.05) is 18.2 Å². The van der Waals surface area contributed by atoms with Crippen molar-refractivity contribution in [2.24, 2.45) is 0 Å². The number of allylic oxidation sites excluding steroid dienone is 1. The lowest BCUT2D eigenvalue weighted by Crippen LogP contribution is -2.51. The van der Waals surface area contributed by atoms with Crippen molar-refractivity contribution in [2.75, 3.05) is 46.6 Å². The number of aliphatic hydroxyl groups is 1. The average molecular weight is 604 g/mol. The van der Waals surface area contributed by atoms with Crippen LogP contribution in [0, 0.1) is 5.82 Å². The lowest BCUT2D eigenvalue weighted by atomic mass is 10.00. The molecule has 1 heterocycles. The van der Waals surface area contributed by atoms with E-state index in [9.17, 15) is 14.4 Å². The second-order valence-electron chi connectivity index (χ2n) is 10.4. The first-order valence-electron chi connectivity index (χ1n) is 14.3. The van der Waals surface area contributed by atoms with Crippen molar-refractivity contribution < 1.29 is 38.1 Å². The summed E-state index contributed by atoms with van der Waals surface area (Å²) in [6.45, 7) is 1.14. The van der Waals surface area contributed by atoms with Crippen LogP contribution in [-0.2, 0) is 11.2 Å². The van der Waals surface area contributed by atoms with E-state index in [0.29, 0.717) is 24.2 Å². The minimum absolute atomic E-state index is 0.0149. The summed E-state index contributed by atoms with van der Waals surface area (Å²) in [6, 6.07) is 13.6. The molecule has 4 N–H and O–H groups in total. The summed E-state index contributed by atoms with van der Waals surface area (Å²) >= 11 is 0. The summed E-state index contributed by atoms with van der Waals surface area (Å²) in [7, 11) is 1.30. The summed E-state index contributed by atoms with van der Waals surface area (Å²) < 4.78 is 31.1. The van der Waals surface area contributed by atoms with Crippen molar-refractivity contribution >= 4 is 23.7 Å². The number of rotatable bonds is 13. The Morgan fingerprint density at radius 3 is 2.25 bits per heavy atom. The first kappa shape index (κ1) is 30.9. The molecule has 10 nitrogen and oxygen atoms in total. The lowest BCUT2D eigenvalue weighted by molar-refractivity contribution is 0.0700. The largest absolute Gasteiger partial charge is 0.494 e. The fourth-order valence-electron chi connectivity index (χ4n) is 5.21. The standard InChI is InChI=1S/C33H34FN3O7/c1-42-28-12-11-27(44-16-15-43-14-13-38)29(30(28)34)31(39)21-6-8-22(9-7-21)32(40)36-25-18-35-19-26(25)37-33(41)24-10-5-20-3-2-4-23(20)17-24/h2-3,5-12,17,25-26,35,38H,4,13-16,18-19H2,1H3,(H,36,40)(H,37,41)/t25-,26+/m1/s1. The Morgan fingerprint density at radius 1 is 0.886 bits per heavy atom. The molecule has 44 heavy (non-hydrogen) atoms. The lowest BCUT2D eigenvalue weighted by Gasteiger charge is -2.21. The number of carbonyl (C=O) groups is 3. The van der Waals surface area contributed by atoms with Gasteiger partial charge in [-0.15, -0.1) is 0 Å². The smallest absolute Gasteiger partial charge is 0.251 e. The third-order valence-corrected chi connectivity index (χ3v) is 7.53. The Hall–Kier alpha value is -4.58. The zero-order valence-corrected chi connectivity index (χ0v) is 24.2. The van der Waals surface area contributed by atoms with E-state index in [1.165, 1.54) is 43.5 Å². The van der Waals surface area contributed by atoms with Crippen molar-refractivity contribution in [3.05, 3.63) is 99.9 Å². The number of amides is 2. The zero-order chi connectivity index (χ0) is 31.1. The molecule has 2 atom stereocenters. The van der Waals surface area contributed by atoms with E-state index in [2.05, 4.69) is 22.0 Å². The van der Waals surface area contributed by atoms with Gasteiger partial charge in [0, 0.05) is 29.8 Å². The maximum atomic E-state index is 15.2. The molecule has 3 aromatic carbocycles. The Morgan fingerprint density at radius 2 is 1.55 bits per heavy atom. The van der Waals surface area contributed by atoms with Crippen LogP contribution in [0.4, 0.5) is 4.39 Å². The SMILES string of the molecule is COc1ccc(OCCOCCO)c(C(=O)c2ccc(C(=O)N[C@@H]3CNC[C@@H]3NC(=O)c3ccc4c(c3)CC=C4)cc2)c1F. The molecule has 1 fully saturated rings. The van der Waals surface area contributed by atoms with Gasteiger partial charge in [-0.1, -0.05) is 30.4 Å². The van der Waals surface area contributed by atoms with Crippen molar-refractivity contribution in [1.82, 2.24) is 16.0 Å². The van der Waals surface area contributed by atoms with Crippen molar-refractivity contribution in [3.8, 4) is 11.5 Å². The molecule has 230 valence electrons. The molecule has 1 aliphatic heterocycles. The summed E-state index contributed by atoms with van der Waals surface area (Å²) in [5.41, 5.74) is 2.93. The Bertz CT molecular complexity index is 1560. The molecule has 0 saturated carbocycles. The molecule has 2 aliphatic rings. The summed E-state index contributed by atoms with van der Waals surface area (Å²) in [5, 5.41) is 18.0. The van der Waals surface area contributed by atoms with E-state index >= 15 is 4.39 Å². The summed E-state index contributed by atoms with van der Waals surface area (Å²) in [4.78, 5) is 39.4. The highest BCUT2D eigenvalue weighted by atomic mass is 19.1. The van der Waals surface area contributed by atoms with E-state index in [0.717, 1.165) is 17.5 Å². The van der Waals surface area contributed by atoms with Gasteiger partial charge in [-0.3, -0.25) is 14.4 Å². The first-order chi connectivity index (χ1) is 21.4. The topological polar surface area (TPSA) is 135 Å². The molecule has 0 aromatic heterocycles. The van der Waals surface area contributed by atoms with E-state index < -0.39 is 11.6 Å². The van der Waals surface area contributed by atoms with Gasteiger partial charge in [0.25, 0.3) is 11.8 Å². The first-order valence-corrected chi connectivity index (χ1v) is 14.3. The van der Waals surface area contributed by atoms with E-state index in [4.69, 9.17) is 19.3 Å². The van der Waals surface area contributed by atoms with E-state index in [1.54, 1.807) is 6.07 Å². The summed E-state index contributed by atoms with van der Waals surface area (Å²) in [6.07, 6.45) is 4.90. The van der Waals surface area contributed by atoms with Crippen molar-refractivity contribution in [1.29, 1.82) is 0 Å². The van der Waals surface area contributed by atoms with Gasteiger partial charge >= 0.3 is 0 Å². The molecule has 1 aliphatic carbocycles. The Kier molecular flexibility index (Phi) is 10.0. The zero-order valence-electron chi connectivity index (χ0n) is 24.2. The quantitative estimate of drug-likeness (QED) is 0.173. The van der Waals surface area contributed by atoms with Crippen molar-refractivity contribution in [3.63, 3.8) is 0 Å². The predicted molar refractivity (Wildman–Crippen MR) is 161 cm³/mol. The third kappa shape index (κ3) is 6.96. The maximum Gasteiger partial charge on any atom is 0.251 e. The minimum atomic E-state index is -0.869. The van der Waals surface area contributed by atoms with Crippen LogP contribution in [0.25, 0.3) is 6.08 Å². The van der Waals surface area contributed by atoms with Gasteiger partial charge in [-0.05, 0) is 53.9 Å². The maximum absolute atomic E-state index is 15.2. The molecule has 0 spiro atoms. The second-order valence-corrected chi connectivity index (χ2v) is 10.4. The molecule has 0 bridgehead atoms. The van der Waals surface area contributed by atoms with Gasteiger partial charge < -0.3 is 35.3 Å². The van der Waals surface area contributed by atoms with Crippen LogP contribution in [0.3, 0.4) is 0 Å². The number of benzene rings is 3.